The zero-order valence-electron chi connectivity index (χ0n) is 17.9. The molecule has 4 heterocycles. The van der Waals surface area contributed by atoms with E-state index in [-0.39, 0.29) is 6.61 Å². The zero-order valence-corrected chi connectivity index (χ0v) is 17.9. The zero-order chi connectivity index (χ0) is 22.4. The molecule has 7 heteroatoms. The van der Waals surface area contributed by atoms with Gasteiger partial charge in [-0.05, 0) is 59.5 Å². The summed E-state index contributed by atoms with van der Waals surface area (Å²) in [6.45, 7) is 1.87. The molecule has 0 fully saturated rings. The van der Waals surface area contributed by atoms with E-state index < -0.39 is 11.5 Å². The highest BCUT2D eigenvalue weighted by Crippen LogP contribution is 2.51. The molecule has 3 aromatic rings. The molecule has 0 unspecified atom stereocenters. The average Bonchev–Trinajstić information content (AvgIpc) is 2.85. The molecule has 1 atom stereocenters. The molecule has 6 rings (SSSR count). The third kappa shape index (κ3) is 3.32. The number of nitrogens with zero attached hydrogens (tertiary/aromatic N) is 2. The molecule has 6 nitrogen and oxygen atoms in total. The highest BCUT2D eigenvalue weighted by atomic mass is 19.1. The van der Waals surface area contributed by atoms with Gasteiger partial charge in [0.05, 0.1) is 19.8 Å². The first-order chi connectivity index (χ1) is 16.1. The summed E-state index contributed by atoms with van der Waals surface area (Å²) >= 11 is 0. The predicted octanol–water partition coefficient (Wildman–Crippen LogP) is 4.43. The van der Waals surface area contributed by atoms with E-state index in [1.165, 1.54) is 6.20 Å². The molecule has 166 valence electrons. The van der Waals surface area contributed by atoms with Gasteiger partial charge in [0.2, 0.25) is 5.95 Å². The standard InChI is InChI=1S/C26H22FN3O3/c27-25-19(4-1-9-29-25)17-6-8-23-21(12-17)26(15-32-14-24(28)30-26)20-11-16(5-7-22(20)33-23)18-3-2-10-31-13-18/h1,3-9,11-12H,2,10,13-15H2,(H2,28,30)/t26-/m1/s1. The molecule has 0 amide bonds. The van der Waals surface area contributed by atoms with Crippen molar-refractivity contribution in [3.8, 4) is 22.6 Å². The summed E-state index contributed by atoms with van der Waals surface area (Å²) in [4.78, 5) is 8.72. The van der Waals surface area contributed by atoms with E-state index in [4.69, 9.17) is 24.9 Å². The van der Waals surface area contributed by atoms with Crippen LogP contribution >= 0.6 is 0 Å². The maximum atomic E-state index is 14.5. The van der Waals surface area contributed by atoms with E-state index in [1.807, 2.05) is 30.3 Å². The molecule has 2 N–H and O–H groups in total. The van der Waals surface area contributed by atoms with Gasteiger partial charge in [-0.15, -0.1) is 0 Å². The Bertz CT molecular complexity index is 1320. The summed E-state index contributed by atoms with van der Waals surface area (Å²) in [7, 11) is 0. The van der Waals surface area contributed by atoms with Crippen molar-refractivity contribution in [3.05, 3.63) is 83.4 Å². The Kier molecular flexibility index (Phi) is 4.74. The molecule has 3 aliphatic heterocycles. The number of pyridine rings is 1. The Morgan fingerprint density at radius 1 is 0.939 bits per heavy atom. The number of hydrogen-bond acceptors (Lipinski definition) is 6. The number of halogens is 1. The Labute approximate surface area is 190 Å². The van der Waals surface area contributed by atoms with Gasteiger partial charge < -0.3 is 19.9 Å². The lowest BCUT2D eigenvalue weighted by molar-refractivity contribution is 0.110. The summed E-state index contributed by atoms with van der Waals surface area (Å²) in [5.74, 6) is 1.22. The van der Waals surface area contributed by atoms with Crippen molar-refractivity contribution in [2.24, 2.45) is 10.7 Å². The third-order valence-corrected chi connectivity index (χ3v) is 6.32. The van der Waals surface area contributed by atoms with E-state index in [9.17, 15) is 4.39 Å². The molecule has 0 radical (unpaired) electrons. The van der Waals surface area contributed by atoms with Gasteiger partial charge in [0.15, 0.2) is 0 Å². The van der Waals surface area contributed by atoms with Crippen LogP contribution in [0.5, 0.6) is 11.5 Å². The number of aromatic nitrogens is 1. The van der Waals surface area contributed by atoms with Crippen LogP contribution in [-0.4, -0.2) is 37.2 Å². The first kappa shape index (κ1) is 20.1. The molecule has 0 saturated carbocycles. The Morgan fingerprint density at radius 3 is 2.45 bits per heavy atom. The Morgan fingerprint density at radius 2 is 1.73 bits per heavy atom. The van der Waals surface area contributed by atoms with E-state index >= 15 is 0 Å². The average molecular weight is 443 g/mol. The summed E-state index contributed by atoms with van der Waals surface area (Å²) < 4.78 is 32.3. The molecule has 3 aliphatic rings. The highest BCUT2D eigenvalue weighted by molar-refractivity contribution is 5.84. The van der Waals surface area contributed by atoms with Gasteiger partial charge in [0.25, 0.3) is 0 Å². The second-order valence-electron chi connectivity index (χ2n) is 8.39. The van der Waals surface area contributed by atoms with E-state index in [2.05, 4.69) is 17.1 Å². The van der Waals surface area contributed by atoms with Crippen molar-refractivity contribution in [2.75, 3.05) is 26.4 Å². The topological polar surface area (TPSA) is 79.0 Å². The summed E-state index contributed by atoms with van der Waals surface area (Å²) in [5, 5.41) is 0. The lowest BCUT2D eigenvalue weighted by atomic mass is 9.78. The molecule has 0 aliphatic carbocycles. The summed E-state index contributed by atoms with van der Waals surface area (Å²) in [6.07, 6.45) is 4.52. The highest BCUT2D eigenvalue weighted by Gasteiger charge is 2.45. The van der Waals surface area contributed by atoms with Gasteiger partial charge in [0, 0.05) is 22.9 Å². The minimum Gasteiger partial charge on any atom is -0.457 e. The lowest BCUT2D eigenvalue weighted by Crippen LogP contribution is -2.42. The van der Waals surface area contributed by atoms with Crippen molar-refractivity contribution in [1.82, 2.24) is 4.98 Å². The van der Waals surface area contributed by atoms with Gasteiger partial charge in [-0.2, -0.15) is 4.39 Å². The van der Waals surface area contributed by atoms with Crippen LogP contribution in [-0.2, 0) is 15.0 Å². The Balaban J connectivity index is 1.56. The predicted molar refractivity (Wildman–Crippen MR) is 123 cm³/mol. The van der Waals surface area contributed by atoms with Gasteiger partial charge in [-0.25, -0.2) is 4.98 Å². The van der Waals surface area contributed by atoms with Crippen LogP contribution in [0, 0.1) is 5.95 Å². The normalized spacial score (nSPS) is 21.5. The fourth-order valence-electron chi connectivity index (χ4n) is 4.76. The fourth-order valence-corrected chi connectivity index (χ4v) is 4.76. The molecule has 0 bridgehead atoms. The first-order valence-electron chi connectivity index (χ1n) is 10.9. The largest absolute Gasteiger partial charge is 0.457 e. The van der Waals surface area contributed by atoms with Crippen LogP contribution in [0.3, 0.4) is 0 Å². The fraction of sp³-hybridized carbons (Fsp3) is 0.231. The second kappa shape index (κ2) is 7.79. The minimum absolute atomic E-state index is 0.267. The van der Waals surface area contributed by atoms with Crippen LogP contribution in [0.1, 0.15) is 23.1 Å². The maximum absolute atomic E-state index is 14.5. The quantitative estimate of drug-likeness (QED) is 0.593. The number of aliphatic imine (C=N–C) groups is 1. The monoisotopic (exact) mass is 443 g/mol. The van der Waals surface area contributed by atoms with Gasteiger partial charge in [-0.1, -0.05) is 18.2 Å². The van der Waals surface area contributed by atoms with E-state index in [1.54, 1.807) is 12.1 Å². The van der Waals surface area contributed by atoms with E-state index in [0.717, 1.165) is 35.3 Å². The van der Waals surface area contributed by atoms with Crippen molar-refractivity contribution < 1.29 is 18.6 Å². The van der Waals surface area contributed by atoms with Gasteiger partial charge >= 0.3 is 0 Å². The minimum atomic E-state index is -0.897. The van der Waals surface area contributed by atoms with Gasteiger partial charge in [0.1, 0.15) is 29.5 Å². The van der Waals surface area contributed by atoms with Gasteiger partial charge in [-0.3, -0.25) is 4.99 Å². The molecule has 33 heavy (non-hydrogen) atoms. The lowest BCUT2D eigenvalue weighted by Gasteiger charge is -2.39. The van der Waals surface area contributed by atoms with E-state index in [0.29, 0.717) is 41.7 Å². The number of fused-ring (bicyclic) bond motifs is 4. The van der Waals surface area contributed by atoms with Crippen LogP contribution in [0.2, 0.25) is 0 Å². The smallest absolute Gasteiger partial charge is 0.220 e. The third-order valence-electron chi connectivity index (χ3n) is 6.32. The number of benzene rings is 2. The van der Waals surface area contributed by atoms with Crippen molar-refractivity contribution in [2.45, 2.75) is 12.0 Å². The van der Waals surface area contributed by atoms with Crippen LogP contribution in [0.25, 0.3) is 16.7 Å². The molecule has 1 spiro atoms. The maximum Gasteiger partial charge on any atom is 0.220 e. The summed E-state index contributed by atoms with van der Waals surface area (Å²) in [6, 6.07) is 15.1. The molecular formula is C26H22FN3O3. The number of ether oxygens (including phenoxy) is 3. The first-order valence-corrected chi connectivity index (χ1v) is 10.9. The number of rotatable bonds is 2. The van der Waals surface area contributed by atoms with Crippen molar-refractivity contribution in [3.63, 3.8) is 0 Å². The second-order valence-corrected chi connectivity index (χ2v) is 8.39. The number of hydrogen-bond donors (Lipinski definition) is 1. The van der Waals surface area contributed by atoms with Crippen molar-refractivity contribution >= 4 is 11.4 Å². The van der Waals surface area contributed by atoms with Crippen LogP contribution in [0.15, 0.2) is 65.8 Å². The number of nitrogens with two attached hydrogens (primary N) is 1. The molecule has 0 saturated heterocycles. The SMILES string of the molecule is NC1=N[C@]2(COC1)c1cc(C3=CCCOC3)ccc1Oc1ccc(-c3cccnc3F)cc12. The number of amidine groups is 1. The van der Waals surface area contributed by atoms with Crippen molar-refractivity contribution in [1.29, 1.82) is 0 Å². The van der Waals surface area contributed by atoms with Crippen LogP contribution < -0.4 is 10.5 Å². The van der Waals surface area contributed by atoms with Crippen LogP contribution in [0.4, 0.5) is 4.39 Å². The summed E-state index contributed by atoms with van der Waals surface area (Å²) in [5.41, 5.74) is 10.2. The molecular weight excluding hydrogens is 421 g/mol. The molecule has 1 aromatic heterocycles. The Hall–Kier alpha value is -3.55. The molecule has 2 aromatic carbocycles.